The van der Waals surface area contributed by atoms with Crippen LogP contribution in [0.4, 0.5) is 5.69 Å². The maximum absolute atomic E-state index is 6.18. The van der Waals surface area contributed by atoms with Crippen LogP contribution in [0.1, 0.15) is 16.8 Å². The molecule has 0 bridgehead atoms. The van der Waals surface area contributed by atoms with Gasteiger partial charge in [-0.1, -0.05) is 35.9 Å². The van der Waals surface area contributed by atoms with Crippen molar-refractivity contribution in [2.45, 2.75) is 20.4 Å². The van der Waals surface area contributed by atoms with E-state index in [2.05, 4.69) is 54.2 Å². The summed E-state index contributed by atoms with van der Waals surface area (Å²) in [4.78, 5) is 0. The fraction of sp³-hybridized carbons (Fsp3) is 0.222. The first-order chi connectivity index (χ1) is 10.1. The molecule has 0 aliphatic carbocycles. The van der Waals surface area contributed by atoms with Crippen molar-refractivity contribution < 1.29 is 0 Å². The van der Waals surface area contributed by atoms with Crippen LogP contribution in [0.3, 0.4) is 0 Å². The molecular formula is C18H19ClN2. The van der Waals surface area contributed by atoms with Gasteiger partial charge in [0.1, 0.15) is 0 Å². The van der Waals surface area contributed by atoms with Gasteiger partial charge in [-0.3, -0.25) is 0 Å². The Balaban J connectivity index is 1.94. The lowest BCUT2D eigenvalue weighted by atomic mass is 10.1. The van der Waals surface area contributed by atoms with Crippen molar-refractivity contribution in [2.24, 2.45) is 7.05 Å². The van der Waals surface area contributed by atoms with E-state index in [1.165, 1.54) is 22.2 Å². The molecule has 0 saturated heterocycles. The summed E-state index contributed by atoms with van der Waals surface area (Å²) in [5.74, 6) is 0. The quantitative estimate of drug-likeness (QED) is 0.715. The minimum Gasteiger partial charge on any atom is -0.379 e. The van der Waals surface area contributed by atoms with Gasteiger partial charge in [-0.15, -0.1) is 0 Å². The van der Waals surface area contributed by atoms with Gasteiger partial charge < -0.3 is 9.88 Å². The van der Waals surface area contributed by atoms with Crippen LogP contribution < -0.4 is 5.32 Å². The predicted molar refractivity (Wildman–Crippen MR) is 91.2 cm³/mol. The zero-order chi connectivity index (χ0) is 15.0. The third kappa shape index (κ3) is 2.40. The van der Waals surface area contributed by atoms with Crippen molar-refractivity contribution in [3.63, 3.8) is 0 Å². The Morgan fingerprint density at radius 3 is 2.52 bits per heavy atom. The number of benzene rings is 2. The molecule has 21 heavy (non-hydrogen) atoms. The molecule has 0 aliphatic heterocycles. The topological polar surface area (TPSA) is 17.0 Å². The lowest BCUT2D eigenvalue weighted by Gasteiger charge is -2.12. The molecule has 0 saturated carbocycles. The lowest BCUT2D eigenvalue weighted by molar-refractivity contribution is 0.862. The molecule has 0 atom stereocenters. The summed E-state index contributed by atoms with van der Waals surface area (Å²) in [7, 11) is 2.12. The highest BCUT2D eigenvalue weighted by molar-refractivity contribution is 6.31. The number of aromatic nitrogens is 1. The van der Waals surface area contributed by atoms with Crippen molar-refractivity contribution in [1.82, 2.24) is 4.57 Å². The van der Waals surface area contributed by atoms with Crippen LogP contribution in [-0.4, -0.2) is 4.57 Å². The van der Waals surface area contributed by atoms with Gasteiger partial charge in [0.25, 0.3) is 0 Å². The highest BCUT2D eigenvalue weighted by Gasteiger charge is 2.11. The second-order valence-electron chi connectivity index (χ2n) is 5.41. The number of aryl methyl sites for hydroxylation is 2. The van der Waals surface area contributed by atoms with Crippen molar-refractivity contribution in [3.05, 3.63) is 64.3 Å². The van der Waals surface area contributed by atoms with Gasteiger partial charge in [0.15, 0.2) is 0 Å². The van der Waals surface area contributed by atoms with Gasteiger partial charge in [0, 0.05) is 34.4 Å². The third-order valence-corrected chi connectivity index (χ3v) is 4.63. The Morgan fingerprint density at radius 1 is 1.00 bits per heavy atom. The first-order valence-electron chi connectivity index (χ1n) is 7.11. The van der Waals surface area contributed by atoms with Crippen LogP contribution in [0, 0.1) is 13.8 Å². The third-order valence-electron chi connectivity index (χ3n) is 4.22. The molecule has 0 aliphatic rings. The number of halogens is 1. The number of rotatable bonds is 3. The van der Waals surface area contributed by atoms with E-state index in [4.69, 9.17) is 11.6 Å². The summed E-state index contributed by atoms with van der Waals surface area (Å²) in [5, 5.41) is 5.63. The summed E-state index contributed by atoms with van der Waals surface area (Å²) in [5.41, 5.74) is 6.09. The van der Waals surface area contributed by atoms with E-state index >= 15 is 0 Å². The largest absolute Gasteiger partial charge is 0.379 e. The Kier molecular flexibility index (Phi) is 3.64. The lowest BCUT2D eigenvalue weighted by Crippen LogP contribution is -2.06. The molecule has 1 heterocycles. The van der Waals surface area contributed by atoms with Crippen molar-refractivity contribution in [3.8, 4) is 0 Å². The van der Waals surface area contributed by atoms with Gasteiger partial charge in [-0.2, -0.15) is 0 Å². The number of nitrogens with one attached hydrogen (secondary N) is 1. The van der Waals surface area contributed by atoms with E-state index in [0.717, 1.165) is 22.8 Å². The van der Waals surface area contributed by atoms with Crippen LogP contribution in [0.2, 0.25) is 5.02 Å². The van der Waals surface area contributed by atoms with Crippen LogP contribution in [0.15, 0.2) is 42.5 Å². The fourth-order valence-corrected chi connectivity index (χ4v) is 3.04. The maximum atomic E-state index is 6.18. The molecule has 0 amide bonds. The average molecular weight is 299 g/mol. The smallest absolute Gasteiger partial charge is 0.0556 e. The SMILES string of the molecule is Cc1c(Cl)cccc1NCc1c(C)c2ccccc2n1C. The Hall–Kier alpha value is -1.93. The Labute approximate surface area is 130 Å². The van der Waals surface area contributed by atoms with E-state index in [1.807, 2.05) is 19.1 Å². The first kappa shape index (κ1) is 14.0. The van der Waals surface area contributed by atoms with Crippen molar-refractivity contribution >= 4 is 28.2 Å². The van der Waals surface area contributed by atoms with Crippen LogP contribution in [0.25, 0.3) is 10.9 Å². The molecule has 2 nitrogen and oxygen atoms in total. The van der Waals surface area contributed by atoms with E-state index in [-0.39, 0.29) is 0 Å². The number of anilines is 1. The number of para-hydroxylation sites is 1. The zero-order valence-corrected chi connectivity index (χ0v) is 13.3. The average Bonchev–Trinajstić information content (AvgIpc) is 2.73. The van der Waals surface area contributed by atoms with Crippen LogP contribution in [-0.2, 0) is 13.6 Å². The molecule has 3 rings (SSSR count). The molecular weight excluding hydrogens is 280 g/mol. The zero-order valence-electron chi connectivity index (χ0n) is 12.6. The molecule has 108 valence electrons. The second kappa shape index (κ2) is 5.45. The van der Waals surface area contributed by atoms with Crippen molar-refractivity contribution in [2.75, 3.05) is 5.32 Å². The monoisotopic (exact) mass is 298 g/mol. The summed E-state index contributed by atoms with van der Waals surface area (Å²) in [6.45, 7) is 5.02. The van der Waals surface area contributed by atoms with Gasteiger partial charge in [0.05, 0.1) is 6.54 Å². The molecule has 3 aromatic rings. The minimum absolute atomic E-state index is 0.790. The number of hydrogen-bond acceptors (Lipinski definition) is 1. The molecule has 0 radical (unpaired) electrons. The highest BCUT2D eigenvalue weighted by atomic mass is 35.5. The summed E-state index contributed by atoms with van der Waals surface area (Å²) < 4.78 is 2.26. The van der Waals surface area contributed by atoms with E-state index < -0.39 is 0 Å². The molecule has 0 fully saturated rings. The molecule has 0 unspecified atom stereocenters. The Bertz CT molecular complexity index is 763. The number of hydrogen-bond donors (Lipinski definition) is 1. The summed E-state index contributed by atoms with van der Waals surface area (Å²) >= 11 is 6.18. The summed E-state index contributed by atoms with van der Waals surface area (Å²) in [6.07, 6.45) is 0. The fourth-order valence-electron chi connectivity index (χ4n) is 2.86. The van der Waals surface area contributed by atoms with Gasteiger partial charge >= 0.3 is 0 Å². The predicted octanol–water partition coefficient (Wildman–Crippen LogP) is 5.06. The van der Waals surface area contributed by atoms with Crippen LogP contribution in [0.5, 0.6) is 0 Å². The summed E-state index contributed by atoms with van der Waals surface area (Å²) in [6, 6.07) is 14.5. The molecule has 1 N–H and O–H groups in total. The van der Waals surface area contributed by atoms with E-state index in [1.54, 1.807) is 0 Å². The number of nitrogens with zero attached hydrogens (tertiary/aromatic N) is 1. The van der Waals surface area contributed by atoms with E-state index in [0.29, 0.717) is 0 Å². The first-order valence-corrected chi connectivity index (χ1v) is 7.49. The van der Waals surface area contributed by atoms with Gasteiger partial charge in [-0.05, 0) is 43.2 Å². The maximum Gasteiger partial charge on any atom is 0.0556 e. The van der Waals surface area contributed by atoms with E-state index in [9.17, 15) is 0 Å². The molecule has 1 aromatic heterocycles. The van der Waals surface area contributed by atoms with Gasteiger partial charge in [-0.25, -0.2) is 0 Å². The highest BCUT2D eigenvalue weighted by Crippen LogP contribution is 2.27. The molecule has 2 aromatic carbocycles. The molecule has 3 heteroatoms. The van der Waals surface area contributed by atoms with Crippen molar-refractivity contribution in [1.29, 1.82) is 0 Å². The van der Waals surface area contributed by atoms with Crippen LogP contribution >= 0.6 is 11.6 Å². The normalized spacial score (nSPS) is 11.0. The van der Waals surface area contributed by atoms with Gasteiger partial charge in [0.2, 0.25) is 0 Å². The standard InChI is InChI=1S/C18H19ClN2/c1-12-14-7-4-5-10-17(14)21(3)18(12)11-20-16-9-6-8-15(19)13(16)2/h4-10,20H,11H2,1-3H3. The Morgan fingerprint density at radius 2 is 1.76 bits per heavy atom. The minimum atomic E-state index is 0.790. The number of fused-ring (bicyclic) bond motifs is 1. The second-order valence-corrected chi connectivity index (χ2v) is 5.82. The molecule has 0 spiro atoms.